The van der Waals surface area contributed by atoms with Crippen LogP contribution in [0.1, 0.15) is 18.9 Å². The molecule has 0 saturated carbocycles. The molecule has 100 valence electrons. The van der Waals surface area contributed by atoms with Crippen molar-refractivity contribution in [3.8, 4) is 11.4 Å². The van der Waals surface area contributed by atoms with Crippen LogP contribution in [0.5, 0.6) is 0 Å². The minimum atomic E-state index is -2.46. The van der Waals surface area contributed by atoms with Crippen LogP contribution in [0.25, 0.3) is 11.4 Å². The van der Waals surface area contributed by atoms with Crippen molar-refractivity contribution >= 4 is 11.8 Å². The maximum atomic E-state index is 12.6. The quantitative estimate of drug-likeness (QED) is 0.599. The minimum absolute atomic E-state index is 0.380. The molecule has 2 nitrogen and oxygen atoms in total. The number of aromatic nitrogens is 2. The number of rotatable bonds is 5. The van der Waals surface area contributed by atoms with E-state index in [9.17, 15) is 8.78 Å². The Kier molecular flexibility index (Phi) is 4.85. The van der Waals surface area contributed by atoms with Crippen molar-refractivity contribution in [2.45, 2.75) is 30.5 Å². The summed E-state index contributed by atoms with van der Waals surface area (Å²) >= 11 is 0.489. The van der Waals surface area contributed by atoms with Crippen molar-refractivity contribution in [1.82, 2.24) is 9.97 Å². The summed E-state index contributed by atoms with van der Waals surface area (Å²) in [4.78, 5) is 8.54. The predicted octanol–water partition coefficient (Wildman–Crippen LogP) is 4.41. The highest BCUT2D eigenvalue weighted by atomic mass is 32.2. The number of hydrogen-bond donors (Lipinski definition) is 0. The van der Waals surface area contributed by atoms with E-state index in [0.29, 0.717) is 29.0 Å². The van der Waals surface area contributed by atoms with Crippen LogP contribution in [-0.2, 0) is 6.42 Å². The Labute approximate surface area is 115 Å². The first-order valence-corrected chi connectivity index (χ1v) is 6.94. The molecule has 2 rings (SSSR count). The van der Waals surface area contributed by atoms with Gasteiger partial charge in [0.15, 0.2) is 5.82 Å². The Morgan fingerprint density at radius 2 is 1.95 bits per heavy atom. The van der Waals surface area contributed by atoms with Crippen molar-refractivity contribution in [3.05, 3.63) is 42.1 Å². The first-order chi connectivity index (χ1) is 9.20. The maximum Gasteiger partial charge on any atom is 0.290 e. The van der Waals surface area contributed by atoms with Gasteiger partial charge in [-0.15, -0.1) is 0 Å². The number of alkyl halides is 2. The van der Waals surface area contributed by atoms with E-state index in [-0.39, 0.29) is 0 Å². The molecule has 0 radical (unpaired) electrons. The van der Waals surface area contributed by atoms with Crippen LogP contribution < -0.4 is 0 Å². The molecule has 0 amide bonds. The molecular formula is C14H14F2N2S. The van der Waals surface area contributed by atoms with Gasteiger partial charge < -0.3 is 0 Å². The molecule has 0 atom stereocenters. The summed E-state index contributed by atoms with van der Waals surface area (Å²) < 4.78 is 25.2. The van der Waals surface area contributed by atoms with Crippen molar-refractivity contribution in [1.29, 1.82) is 0 Å². The molecule has 1 heterocycles. The van der Waals surface area contributed by atoms with E-state index < -0.39 is 5.76 Å². The van der Waals surface area contributed by atoms with Gasteiger partial charge in [0.25, 0.3) is 5.76 Å². The van der Waals surface area contributed by atoms with E-state index >= 15 is 0 Å². The van der Waals surface area contributed by atoms with E-state index in [4.69, 9.17) is 0 Å². The van der Waals surface area contributed by atoms with Crippen LogP contribution in [0.3, 0.4) is 0 Å². The second kappa shape index (κ2) is 6.61. The first kappa shape index (κ1) is 13.9. The van der Waals surface area contributed by atoms with Gasteiger partial charge in [0, 0.05) is 17.3 Å². The molecule has 0 aliphatic rings. The molecule has 0 unspecified atom stereocenters. The van der Waals surface area contributed by atoms with Gasteiger partial charge in [-0.1, -0.05) is 43.7 Å². The van der Waals surface area contributed by atoms with Crippen LogP contribution in [0.15, 0.2) is 41.6 Å². The van der Waals surface area contributed by atoms with Gasteiger partial charge in [-0.3, -0.25) is 0 Å². The second-order valence-corrected chi connectivity index (χ2v) is 5.00. The number of aryl methyl sites for hydroxylation is 1. The van der Waals surface area contributed by atoms with Crippen LogP contribution in [-0.4, -0.2) is 15.7 Å². The molecule has 0 fully saturated rings. The molecule has 1 aromatic heterocycles. The van der Waals surface area contributed by atoms with Gasteiger partial charge in [0.2, 0.25) is 0 Å². The maximum absolute atomic E-state index is 12.6. The van der Waals surface area contributed by atoms with Gasteiger partial charge in [-0.25, -0.2) is 9.97 Å². The normalized spacial score (nSPS) is 10.9. The minimum Gasteiger partial charge on any atom is -0.236 e. The Hall–Kier alpha value is -1.49. The average Bonchev–Trinajstić information content (AvgIpc) is 2.41. The summed E-state index contributed by atoms with van der Waals surface area (Å²) in [5.74, 6) is -1.97. The summed E-state index contributed by atoms with van der Waals surface area (Å²) in [7, 11) is 0. The fourth-order valence-corrected chi connectivity index (χ4v) is 2.36. The SMILES string of the molecule is CCCc1cnc(-c2ccccc2)nc1SC(F)F. The molecule has 2 aromatic rings. The molecule has 1 aromatic carbocycles. The molecule has 0 bridgehead atoms. The number of halogens is 2. The van der Waals surface area contributed by atoms with Gasteiger partial charge >= 0.3 is 0 Å². The highest BCUT2D eigenvalue weighted by Crippen LogP contribution is 2.29. The Balaban J connectivity index is 2.37. The molecule has 0 N–H and O–H groups in total. The summed E-state index contributed by atoms with van der Waals surface area (Å²) in [5, 5.41) is 0.380. The lowest BCUT2D eigenvalue weighted by Gasteiger charge is -2.08. The molecule has 19 heavy (non-hydrogen) atoms. The number of nitrogens with zero attached hydrogens (tertiary/aromatic N) is 2. The Morgan fingerprint density at radius 1 is 1.21 bits per heavy atom. The van der Waals surface area contributed by atoms with Crippen LogP contribution in [0, 0.1) is 0 Å². The second-order valence-electron chi connectivity index (χ2n) is 4.02. The smallest absolute Gasteiger partial charge is 0.236 e. The fourth-order valence-electron chi connectivity index (χ4n) is 1.74. The van der Waals surface area contributed by atoms with Crippen LogP contribution in [0.4, 0.5) is 8.78 Å². The molecular weight excluding hydrogens is 266 g/mol. The standard InChI is InChI=1S/C14H14F2N2S/c1-2-6-11-9-17-12(10-7-4-3-5-8-10)18-13(11)19-14(15)16/h3-5,7-9,14H,2,6H2,1H3. The molecule has 0 spiro atoms. The van der Waals surface area contributed by atoms with E-state index in [1.807, 2.05) is 37.3 Å². The Morgan fingerprint density at radius 3 is 2.58 bits per heavy atom. The summed E-state index contributed by atoms with van der Waals surface area (Å²) in [5.41, 5.74) is 1.62. The van der Waals surface area contributed by atoms with Gasteiger partial charge in [-0.05, 0) is 18.2 Å². The van der Waals surface area contributed by atoms with E-state index in [1.54, 1.807) is 6.20 Å². The molecule has 0 aliphatic heterocycles. The lowest BCUT2D eigenvalue weighted by molar-refractivity contribution is 0.251. The summed E-state index contributed by atoms with van der Waals surface area (Å²) in [6, 6.07) is 9.37. The average molecular weight is 280 g/mol. The number of hydrogen-bond acceptors (Lipinski definition) is 3. The lowest BCUT2D eigenvalue weighted by Crippen LogP contribution is -1.99. The van der Waals surface area contributed by atoms with E-state index in [0.717, 1.165) is 17.5 Å². The Bertz CT molecular complexity index is 532. The van der Waals surface area contributed by atoms with Crippen molar-refractivity contribution in [3.63, 3.8) is 0 Å². The topological polar surface area (TPSA) is 25.8 Å². The summed E-state index contributed by atoms with van der Waals surface area (Å²) in [6.45, 7) is 2.00. The van der Waals surface area contributed by atoms with Crippen molar-refractivity contribution in [2.24, 2.45) is 0 Å². The van der Waals surface area contributed by atoms with Crippen molar-refractivity contribution < 1.29 is 8.78 Å². The van der Waals surface area contributed by atoms with Crippen LogP contribution >= 0.6 is 11.8 Å². The van der Waals surface area contributed by atoms with E-state index in [2.05, 4.69) is 9.97 Å². The molecule has 0 saturated heterocycles. The highest BCUT2D eigenvalue weighted by molar-refractivity contribution is 7.99. The van der Waals surface area contributed by atoms with Gasteiger partial charge in [0.1, 0.15) is 5.03 Å². The zero-order valence-electron chi connectivity index (χ0n) is 10.5. The van der Waals surface area contributed by atoms with Crippen LogP contribution in [0.2, 0.25) is 0 Å². The summed E-state index contributed by atoms with van der Waals surface area (Å²) in [6.07, 6.45) is 3.25. The van der Waals surface area contributed by atoms with E-state index in [1.165, 1.54) is 0 Å². The number of benzene rings is 1. The monoisotopic (exact) mass is 280 g/mol. The van der Waals surface area contributed by atoms with Gasteiger partial charge in [-0.2, -0.15) is 8.78 Å². The van der Waals surface area contributed by atoms with Gasteiger partial charge in [0.05, 0.1) is 0 Å². The third-order valence-corrected chi connectivity index (χ3v) is 3.33. The molecule has 0 aliphatic carbocycles. The zero-order valence-corrected chi connectivity index (χ0v) is 11.3. The van der Waals surface area contributed by atoms with Crippen molar-refractivity contribution in [2.75, 3.05) is 0 Å². The molecule has 5 heteroatoms. The third-order valence-electron chi connectivity index (χ3n) is 2.58. The predicted molar refractivity (Wildman–Crippen MR) is 73.3 cm³/mol. The fraction of sp³-hybridized carbons (Fsp3) is 0.286. The third kappa shape index (κ3) is 3.73. The largest absolute Gasteiger partial charge is 0.290 e. The zero-order chi connectivity index (χ0) is 13.7. The first-order valence-electron chi connectivity index (χ1n) is 6.07. The lowest BCUT2D eigenvalue weighted by atomic mass is 10.2. The highest BCUT2D eigenvalue weighted by Gasteiger charge is 2.13. The number of thioether (sulfide) groups is 1.